The van der Waals surface area contributed by atoms with Crippen molar-refractivity contribution in [2.75, 3.05) is 44.8 Å². The van der Waals surface area contributed by atoms with Crippen LogP contribution in [0.15, 0.2) is 53.1 Å². The van der Waals surface area contributed by atoms with Crippen molar-refractivity contribution in [2.24, 2.45) is 0 Å². The molecule has 0 spiro atoms. The molecule has 1 aliphatic heterocycles. The third-order valence-corrected chi connectivity index (χ3v) is 5.05. The molecule has 1 aromatic heterocycles. The van der Waals surface area contributed by atoms with Gasteiger partial charge in [-0.25, -0.2) is 0 Å². The molecule has 0 amide bonds. The molecule has 29 heavy (non-hydrogen) atoms. The molecule has 0 atom stereocenters. The first-order valence-corrected chi connectivity index (χ1v) is 9.93. The van der Waals surface area contributed by atoms with Crippen LogP contribution in [0.3, 0.4) is 0 Å². The van der Waals surface area contributed by atoms with Crippen LogP contribution in [0, 0.1) is 0 Å². The van der Waals surface area contributed by atoms with Gasteiger partial charge in [-0.1, -0.05) is 17.3 Å². The highest BCUT2D eigenvalue weighted by Crippen LogP contribution is 2.29. The second-order valence-electron chi connectivity index (χ2n) is 6.90. The van der Waals surface area contributed by atoms with Crippen LogP contribution in [0.1, 0.15) is 12.8 Å². The Morgan fingerprint density at radius 1 is 1.00 bits per heavy atom. The molecule has 1 fully saturated rings. The van der Waals surface area contributed by atoms with Crippen molar-refractivity contribution in [3.63, 3.8) is 0 Å². The summed E-state index contributed by atoms with van der Waals surface area (Å²) in [6.45, 7) is 7.07. The number of hydrogen-bond donors (Lipinski definition) is 0. The summed E-state index contributed by atoms with van der Waals surface area (Å²) in [6, 6.07) is 15.9. The van der Waals surface area contributed by atoms with E-state index in [0.717, 1.165) is 48.9 Å². The summed E-state index contributed by atoms with van der Waals surface area (Å²) < 4.78 is 16.4. The summed E-state index contributed by atoms with van der Waals surface area (Å²) in [5, 5.41) is 4.12. The number of para-hydroxylation sites is 2. The van der Waals surface area contributed by atoms with Crippen molar-refractivity contribution >= 4 is 5.69 Å². The van der Waals surface area contributed by atoms with E-state index in [2.05, 4.69) is 32.1 Å². The number of hydrogen-bond acceptors (Lipinski definition) is 7. The Bertz CT molecular complexity index is 918. The lowest BCUT2D eigenvalue weighted by atomic mass is 10.2. The number of methoxy groups -OCH3 is 1. The molecule has 0 radical (unpaired) electrons. The lowest BCUT2D eigenvalue weighted by Crippen LogP contribution is -2.46. The van der Waals surface area contributed by atoms with Crippen LogP contribution in [0.2, 0.25) is 0 Å². The predicted molar refractivity (Wildman–Crippen MR) is 111 cm³/mol. The molecule has 2 heterocycles. The Morgan fingerprint density at radius 3 is 2.48 bits per heavy atom. The van der Waals surface area contributed by atoms with E-state index in [1.54, 1.807) is 7.11 Å². The molecule has 2 aromatic carbocycles. The van der Waals surface area contributed by atoms with E-state index >= 15 is 0 Å². The summed E-state index contributed by atoms with van der Waals surface area (Å²) in [4.78, 5) is 9.26. The van der Waals surface area contributed by atoms with E-state index in [1.165, 1.54) is 0 Å². The normalized spacial score (nSPS) is 14.8. The minimum absolute atomic E-state index is 0.604. The van der Waals surface area contributed by atoms with Gasteiger partial charge in [0.2, 0.25) is 11.7 Å². The summed E-state index contributed by atoms with van der Waals surface area (Å²) in [6.07, 6.45) is 0. The highest BCUT2D eigenvalue weighted by atomic mass is 16.5. The van der Waals surface area contributed by atoms with Crippen LogP contribution in [0.5, 0.6) is 11.5 Å². The van der Waals surface area contributed by atoms with Gasteiger partial charge < -0.3 is 18.9 Å². The third-order valence-electron chi connectivity index (χ3n) is 5.05. The van der Waals surface area contributed by atoms with Crippen LogP contribution < -0.4 is 14.4 Å². The fourth-order valence-electron chi connectivity index (χ4n) is 3.51. The van der Waals surface area contributed by atoms with E-state index < -0.39 is 0 Å². The minimum Gasteiger partial charge on any atom is -0.497 e. The van der Waals surface area contributed by atoms with Gasteiger partial charge in [0.1, 0.15) is 11.5 Å². The number of piperazine rings is 1. The summed E-state index contributed by atoms with van der Waals surface area (Å²) in [5.74, 6) is 3.00. The van der Waals surface area contributed by atoms with Gasteiger partial charge >= 0.3 is 0 Å². The van der Waals surface area contributed by atoms with Crippen LogP contribution in [0.25, 0.3) is 11.4 Å². The zero-order valence-electron chi connectivity index (χ0n) is 16.9. The van der Waals surface area contributed by atoms with Crippen LogP contribution in [0.4, 0.5) is 5.69 Å². The van der Waals surface area contributed by atoms with Gasteiger partial charge in [-0.2, -0.15) is 4.98 Å². The monoisotopic (exact) mass is 394 g/mol. The Labute approximate surface area is 170 Å². The van der Waals surface area contributed by atoms with Gasteiger partial charge in [-0.3, -0.25) is 4.90 Å². The summed E-state index contributed by atoms with van der Waals surface area (Å²) >= 11 is 0. The van der Waals surface area contributed by atoms with Crippen LogP contribution in [-0.2, 0) is 6.54 Å². The number of anilines is 1. The van der Waals surface area contributed by atoms with Crippen molar-refractivity contribution in [2.45, 2.75) is 13.5 Å². The van der Waals surface area contributed by atoms with Crippen LogP contribution >= 0.6 is 0 Å². The van der Waals surface area contributed by atoms with Gasteiger partial charge in [0.25, 0.3) is 0 Å². The maximum Gasteiger partial charge on any atom is 0.241 e. The second kappa shape index (κ2) is 8.96. The molecule has 0 N–H and O–H groups in total. The average molecular weight is 394 g/mol. The zero-order chi connectivity index (χ0) is 20.1. The van der Waals surface area contributed by atoms with Gasteiger partial charge in [0.05, 0.1) is 25.9 Å². The van der Waals surface area contributed by atoms with Crippen molar-refractivity contribution < 1.29 is 14.0 Å². The summed E-state index contributed by atoms with van der Waals surface area (Å²) in [7, 11) is 1.65. The van der Waals surface area contributed by atoms with E-state index in [1.807, 2.05) is 43.3 Å². The molecule has 1 saturated heterocycles. The molecule has 7 nitrogen and oxygen atoms in total. The number of benzene rings is 2. The molecule has 1 aliphatic rings. The Hall–Kier alpha value is -3.06. The molecule has 4 rings (SSSR count). The number of rotatable bonds is 7. The molecular formula is C22H26N4O3. The molecule has 152 valence electrons. The van der Waals surface area contributed by atoms with Crippen molar-refractivity contribution in [3.05, 3.63) is 54.4 Å². The van der Waals surface area contributed by atoms with Gasteiger partial charge in [-0.15, -0.1) is 0 Å². The first-order valence-electron chi connectivity index (χ1n) is 9.93. The van der Waals surface area contributed by atoms with Gasteiger partial charge in [0.15, 0.2) is 0 Å². The average Bonchev–Trinajstić information content (AvgIpc) is 3.23. The number of nitrogens with zero attached hydrogens (tertiary/aromatic N) is 4. The standard InChI is InChI=1S/C22H26N4O3/c1-3-28-20-7-5-4-6-19(20)26-14-12-25(13-15-26)16-21-23-22(24-29-21)17-8-10-18(27-2)11-9-17/h4-11H,3,12-16H2,1-2H3. The molecule has 0 aliphatic carbocycles. The quantitative estimate of drug-likeness (QED) is 0.608. The van der Waals surface area contributed by atoms with E-state index in [-0.39, 0.29) is 0 Å². The fraction of sp³-hybridized carbons (Fsp3) is 0.364. The maximum absolute atomic E-state index is 5.78. The lowest BCUT2D eigenvalue weighted by molar-refractivity contribution is 0.215. The van der Waals surface area contributed by atoms with Gasteiger partial charge in [-0.05, 0) is 43.3 Å². The molecule has 3 aromatic rings. The van der Waals surface area contributed by atoms with E-state index in [4.69, 9.17) is 14.0 Å². The predicted octanol–water partition coefficient (Wildman–Crippen LogP) is 3.47. The molecule has 7 heteroatoms. The smallest absolute Gasteiger partial charge is 0.241 e. The van der Waals surface area contributed by atoms with Crippen molar-refractivity contribution in [3.8, 4) is 22.9 Å². The van der Waals surface area contributed by atoms with E-state index in [0.29, 0.717) is 24.9 Å². The molecular weight excluding hydrogens is 368 g/mol. The molecule has 0 unspecified atom stereocenters. The van der Waals surface area contributed by atoms with Crippen molar-refractivity contribution in [1.29, 1.82) is 0 Å². The fourth-order valence-corrected chi connectivity index (χ4v) is 3.51. The Balaban J connectivity index is 1.35. The first kappa shape index (κ1) is 19.3. The highest BCUT2D eigenvalue weighted by molar-refractivity contribution is 5.59. The van der Waals surface area contributed by atoms with Crippen LogP contribution in [-0.4, -0.2) is 54.9 Å². The maximum atomic E-state index is 5.78. The van der Waals surface area contributed by atoms with Gasteiger partial charge in [0, 0.05) is 31.7 Å². The summed E-state index contributed by atoms with van der Waals surface area (Å²) in [5.41, 5.74) is 2.08. The Morgan fingerprint density at radius 2 is 1.76 bits per heavy atom. The number of aromatic nitrogens is 2. The lowest BCUT2D eigenvalue weighted by Gasteiger charge is -2.36. The molecule has 0 bridgehead atoms. The largest absolute Gasteiger partial charge is 0.497 e. The minimum atomic E-state index is 0.604. The number of ether oxygens (including phenoxy) is 2. The molecule has 0 saturated carbocycles. The first-order chi connectivity index (χ1) is 14.3. The van der Waals surface area contributed by atoms with E-state index in [9.17, 15) is 0 Å². The zero-order valence-corrected chi connectivity index (χ0v) is 16.9. The second-order valence-corrected chi connectivity index (χ2v) is 6.90. The third kappa shape index (κ3) is 4.51. The highest BCUT2D eigenvalue weighted by Gasteiger charge is 2.21. The SMILES string of the molecule is CCOc1ccccc1N1CCN(Cc2nc(-c3ccc(OC)cc3)no2)CC1. The topological polar surface area (TPSA) is 63.9 Å². The Kier molecular flexibility index (Phi) is 5.95. The van der Waals surface area contributed by atoms with Crippen molar-refractivity contribution in [1.82, 2.24) is 15.0 Å².